The van der Waals surface area contributed by atoms with Gasteiger partial charge in [-0.2, -0.15) is 0 Å². The van der Waals surface area contributed by atoms with Gasteiger partial charge in [-0.05, 0) is 12.8 Å². The number of carbonyl (C=O) groups is 2. The summed E-state index contributed by atoms with van der Waals surface area (Å²) in [6.45, 7) is 2.06. The summed E-state index contributed by atoms with van der Waals surface area (Å²) in [7, 11) is 0. The Morgan fingerprint density at radius 2 is 1.08 bits per heavy atom. The Morgan fingerprint density at radius 1 is 0.792 bits per heavy atom. The minimum absolute atomic E-state index is 0. The maximum absolute atomic E-state index is 10.2. The summed E-state index contributed by atoms with van der Waals surface area (Å²) in [6, 6.07) is 0. The molecule has 0 amide bonds. The molecular weight excluding hydrogens is 346 g/mol. The number of aldehydes is 1. The maximum Gasteiger partial charge on any atom is 1.00 e. The van der Waals surface area contributed by atoms with Crippen molar-refractivity contribution in [3.63, 3.8) is 0 Å². The Kier molecular flexibility index (Phi) is 43.4. The summed E-state index contributed by atoms with van der Waals surface area (Å²) in [5, 5.41) is 51.4. The van der Waals surface area contributed by atoms with Crippen molar-refractivity contribution in [2.45, 2.75) is 26.7 Å². The van der Waals surface area contributed by atoms with Crippen LogP contribution in [0.15, 0.2) is 0 Å². The molecule has 0 aromatic heterocycles. The second kappa shape index (κ2) is 26.1. The normalized spacial score (nSPS) is 9.29. The van der Waals surface area contributed by atoms with E-state index in [4.69, 9.17) is 35.4 Å². The molecule has 0 aliphatic heterocycles. The third-order valence-electron chi connectivity index (χ3n) is 3.34. The Bertz CT molecular complexity index is 222. The fourth-order valence-corrected chi connectivity index (χ4v) is 0.917. The zero-order valence-corrected chi connectivity index (χ0v) is 19.0. The largest absolute Gasteiger partial charge is 1.00 e. The van der Waals surface area contributed by atoms with Gasteiger partial charge in [0.05, 0.1) is 38.4 Å². The molecule has 0 unspecified atom stereocenters. The molecule has 0 aliphatic rings. The molecule has 0 radical (unpaired) electrons. The van der Waals surface area contributed by atoms with Gasteiger partial charge in [0.2, 0.25) is 0 Å². The van der Waals surface area contributed by atoms with Crippen LogP contribution in [-0.2, 0) is 9.59 Å². The molecule has 11 heteroatoms. The third-order valence-corrected chi connectivity index (χ3v) is 3.34. The van der Waals surface area contributed by atoms with Gasteiger partial charge in [-0.1, -0.05) is 13.8 Å². The summed E-state index contributed by atoms with van der Waals surface area (Å²) in [6.07, 6.45) is 1.67. The number of hydrogen-bond donors (Lipinski definition) is 5. The fraction of sp³-hybridized carbons (Fsp3) is 0.846. The first kappa shape index (κ1) is 39.8. The Balaban J connectivity index is -0.0000000523. The van der Waals surface area contributed by atoms with E-state index in [1.54, 1.807) is 6.92 Å². The van der Waals surface area contributed by atoms with Crippen LogP contribution in [0.2, 0.25) is 0 Å². The number of aliphatic hydroxyl groups is 5. The van der Waals surface area contributed by atoms with Gasteiger partial charge in [0.1, 0.15) is 6.29 Å². The Labute approximate surface area is 187 Å². The van der Waals surface area contributed by atoms with Crippen molar-refractivity contribution in [3.05, 3.63) is 0 Å². The molecule has 0 rings (SSSR count). The molecule has 0 aliphatic carbocycles. The van der Waals surface area contributed by atoms with E-state index in [2.05, 4.69) is 0 Å². The first-order valence-corrected chi connectivity index (χ1v) is 6.47. The molecule has 6 N–H and O–H groups in total. The van der Waals surface area contributed by atoms with Gasteiger partial charge in [0.25, 0.3) is 0 Å². The van der Waals surface area contributed by atoms with Gasteiger partial charge in [0, 0.05) is 11.9 Å². The van der Waals surface area contributed by atoms with E-state index in [-0.39, 0.29) is 97.6 Å². The van der Waals surface area contributed by atoms with E-state index >= 15 is 0 Å². The SMILES string of the molecule is CCC(C=O)(CO)CO.CCC(CO)(CO)CO.O=C[O-].[Na+].[Na+].[OH-]. The minimum atomic E-state index is -0.903. The third kappa shape index (κ3) is 17.7. The fourth-order valence-electron chi connectivity index (χ4n) is 0.917. The van der Waals surface area contributed by atoms with Crippen LogP contribution >= 0.6 is 0 Å². The van der Waals surface area contributed by atoms with Crippen LogP contribution in [0.4, 0.5) is 0 Å². The number of carboxylic acid groups (broad SMARTS) is 1. The van der Waals surface area contributed by atoms with E-state index in [1.807, 2.05) is 6.92 Å². The van der Waals surface area contributed by atoms with Crippen molar-refractivity contribution in [2.24, 2.45) is 10.8 Å². The first-order valence-electron chi connectivity index (χ1n) is 6.47. The number of hydrogen-bond acceptors (Lipinski definition) is 9. The molecule has 24 heavy (non-hydrogen) atoms. The Morgan fingerprint density at radius 3 is 1.08 bits per heavy atom. The topological polar surface area (TPSA) is 188 Å². The molecule has 0 spiro atoms. The molecule has 0 fully saturated rings. The summed E-state index contributed by atoms with van der Waals surface area (Å²) in [5.41, 5.74) is -1.57. The van der Waals surface area contributed by atoms with Gasteiger partial charge >= 0.3 is 59.1 Å². The molecule has 0 heterocycles. The second-order valence-electron chi connectivity index (χ2n) is 4.57. The predicted molar refractivity (Wildman–Crippen MR) is 74.9 cm³/mol. The van der Waals surface area contributed by atoms with Crippen molar-refractivity contribution in [1.29, 1.82) is 0 Å². The molecule has 0 saturated carbocycles. The standard InChI is InChI=1S/C6H14O3.C6H12O3.CH2O2.2Na.H2O/c2*1-2-6(3-7,4-8)5-9;2-1-3;;;/h7-9H,2-5H2,1H3;3,8-9H,2,4-5H2,1H3;1H,(H,2,3);;;1H2/q;;;2*+1;/p-2. The quantitative estimate of drug-likeness (QED) is 0.203. The Hall–Kier alpha value is 0.900. The van der Waals surface area contributed by atoms with Gasteiger partial charge in [-0.3, -0.25) is 0 Å². The zero-order chi connectivity index (χ0) is 17.4. The van der Waals surface area contributed by atoms with Crippen molar-refractivity contribution >= 4 is 12.8 Å². The van der Waals surface area contributed by atoms with Crippen LogP contribution in [0.3, 0.4) is 0 Å². The maximum atomic E-state index is 10.2. The summed E-state index contributed by atoms with van der Waals surface area (Å²) in [5.74, 6) is 0. The van der Waals surface area contributed by atoms with Crippen molar-refractivity contribution in [1.82, 2.24) is 0 Å². The smallest absolute Gasteiger partial charge is 0.870 e. The summed E-state index contributed by atoms with van der Waals surface area (Å²) < 4.78 is 0. The van der Waals surface area contributed by atoms with Gasteiger partial charge in [0.15, 0.2) is 0 Å². The molecule has 0 bridgehead atoms. The van der Waals surface area contributed by atoms with E-state index in [1.165, 1.54) is 0 Å². The van der Waals surface area contributed by atoms with Crippen molar-refractivity contribution < 1.29 is 105 Å². The number of carbonyl (C=O) groups excluding carboxylic acids is 2. The average Bonchev–Trinajstić information content (AvgIpc) is 2.54. The summed E-state index contributed by atoms with van der Waals surface area (Å²) >= 11 is 0. The molecular formula is C13H28Na2O9. The van der Waals surface area contributed by atoms with E-state index in [0.717, 1.165) is 0 Å². The van der Waals surface area contributed by atoms with E-state index < -0.39 is 17.3 Å². The van der Waals surface area contributed by atoms with Crippen molar-refractivity contribution in [3.8, 4) is 0 Å². The number of rotatable bonds is 8. The van der Waals surface area contributed by atoms with Gasteiger partial charge in [-0.15, -0.1) is 0 Å². The van der Waals surface area contributed by atoms with Crippen LogP contribution in [0.1, 0.15) is 26.7 Å². The summed E-state index contributed by atoms with van der Waals surface area (Å²) in [4.78, 5) is 18.5. The monoisotopic (exact) mass is 374 g/mol. The van der Waals surface area contributed by atoms with Crippen LogP contribution in [0.25, 0.3) is 0 Å². The minimum Gasteiger partial charge on any atom is -0.870 e. The number of aliphatic hydroxyl groups excluding tert-OH is 5. The predicted octanol–water partition coefficient (Wildman–Crippen LogP) is -8.88. The average molecular weight is 374 g/mol. The molecule has 0 atom stereocenters. The zero-order valence-electron chi connectivity index (χ0n) is 15.0. The van der Waals surface area contributed by atoms with Crippen LogP contribution in [0, 0.1) is 10.8 Å². The van der Waals surface area contributed by atoms with E-state index in [9.17, 15) is 4.79 Å². The van der Waals surface area contributed by atoms with Crippen LogP contribution in [-0.4, -0.2) is 76.8 Å². The molecule has 136 valence electrons. The first-order chi connectivity index (χ1) is 9.90. The second-order valence-corrected chi connectivity index (χ2v) is 4.57. The molecule has 0 aromatic carbocycles. The molecule has 0 aromatic rings. The van der Waals surface area contributed by atoms with Crippen LogP contribution < -0.4 is 64.2 Å². The molecule has 9 nitrogen and oxygen atoms in total. The van der Waals surface area contributed by atoms with Gasteiger partial charge in [-0.25, -0.2) is 0 Å². The molecule has 0 saturated heterocycles. The van der Waals surface area contributed by atoms with Gasteiger partial charge < -0.3 is 45.7 Å². The van der Waals surface area contributed by atoms with E-state index in [0.29, 0.717) is 19.1 Å². The van der Waals surface area contributed by atoms with Crippen molar-refractivity contribution in [2.75, 3.05) is 33.0 Å². The van der Waals surface area contributed by atoms with Crippen LogP contribution in [0.5, 0.6) is 0 Å².